The van der Waals surface area contributed by atoms with E-state index in [9.17, 15) is 22.8 Å². The number of hydrogen-bond donors (Lipinski definition) is 2. The highest BCUT2D eigenvalue weighted by Crippen LogP contribution is 2.26. The maximum atomic E-state index is 12.4. The SMILES string of the molecule is CCCCn1nc(C(=O)Nc2n[nH]c(C(F)(F)F)n2)ccc1=O. The zero-order valence-corrected chi connectivity index (χ0v) is 12.0. The molecule has 0 atom stereocenters. The van der Waals surface area contributed by atoms with Gasteiger partial charge in [0.2, 0.25) is 11.8 Å². The molecular weight excluding hydrogens is 317 g/mol. The third-order valence-electron chi connectivity index (χ3n) is 2.80. The first-order valence-electron chi connectivity index (χ1n) is 6.70. The number of anilines is 1. The van der Waals surface area contributed by atoms with Crippen LogP contribution in [0.2, 0.25) is 0 Å². The Bertz CT molecular complexity index is 752. The zero-order chi connectivity index (χ0) is 17.0. The highest BCUT2D eigenvalue weighted by Gasteiger charge is 2.35. The summed E-state index contributed by atoms with van der Waals surface area (Å²) in [5.41, 5.74) is -0.494. The second-order valence-electron chi connectivity index (χ2n) is 4.59. The van der Waals surface area contributed by atoms with E-state index in [1.54, 1.807) is 5.10 Å². The third-order valence-corrected chi connectivity index (χ3v) is 2.80. The number of alkyl halides is 3. The molecule has 0 unspecified atom stereocenters. The molecule has 1 amide bonds. The minimum atomic E-state index is -4.69. The standard InChI is InChI=1S/C12H13F3N6O2/c1-2-3-6-21-8(22)5-4-7(20-21)9(23)16-11-17-10(18-19-11)12(13,14)15/h4-5H,2-3,6H2,1H3,(H2,16,17,18,19,23). The average molecular weight is 330 g/mol. The number of amides is 1. The van der Waals surface area contributed by atoms with Crippen LogP contribution in [0.1, 0.15) is 36.1 Å². The number of aryl methyl sites for hydroxylation is 1. The van der Waals surface area contributed by atoms with Crippen LogP contribution in [0.25, 0.3) is 0 Å². The molecule has 2 rings (SSSR count). The van der Waals surface area contributed by atoms with Gasteiger partial charge in [0.25, 0.3) is 11.5 Å². The van der Waals surface area contributed by atoms with Crippen LogP contribution < -0.4 is 10.9 Å². The first-order chi connectivity index (χ1) is 10.8. The first kappa shape index (κ1) is 16.6. The molecule has 2 N–H and O–H groups in total. The van der Waals surface area contributed by atoms with Gasteiger partial charge in [-0.1, -0.05) is 13.3 Å². The molecule has 0 saturated heterocycles. The molecule has 0 aliphatic heterocycles. The van der Waals surface area contributed by atoms with Gasteiger partial charge in [-0.05, 0) is 12.5 Å². The van der Waals surface area contributed by atoms with Crippen molar-refractivity contribution in [1.82, 2.24) is 25.0 Å². The quantitative estimate of drug-likeness (QED) is 0.863. The topological polar surface area (TPSA) is 106 Å². The Morgan fingerprint density at radius 2 is 2.13 bits per heavy atom. The normalized spacial score (nSPS) is 11.5. The second-order valence-corrected chi connectivity index (χ2v) is 4.59. The summed E-state index contributed by atoms with van der Waals surface area (Å²) in [6, 6.07) is 2.34. The predicted molar refractivity (Wildman–Crippen MR) is 72.7 cm³/mol. The molecule has 2 aromatic heterocycles. The van der Waals surface area contributed by atoms with E-state index in [0.717, 1.165) is 17.2 Å². The van der Waals surface area contributed by atoms with Gasteiger partial charge >= 0.3 is 6.18 Å². The molecule has 0 saturated carbocycles. The van der Waals surface area contributed by atoms with E-state index in [1.807, 2.05) is 6.92 Å². The van der Waals surface area contributed by atoms with E-state index in [2.05, 4.69) is 20.5 Å². The Morgan fingerprint density at radius 3 is 2.74 bits per heavy atom. The van der Waals surface area contributed by atoms with Crippen molar-refractivity contribution in [2.75, 3.05) is 5.32 Å². The molecule has 0 radical (unpaired) electrons. The largest absolute Gasteiger partial charge is 0.451 e. The Morgan fingerprint density at radius 1 is 1.39 bits per heavy atom. The molecule has 11 heteroatoms. The Labute approximate surface area is 127 Å². The summed E-state index contributed by atoms with van der Waals surface area (Å²) in [7, 11) is 0. The fourth-order valence-corrected chi connectivity index (χ4v) is 1.65. The number of nitrogens with one attached hydrogen (secondary N) is 2. The van der Waals surface area contributed by atoms with Gasteiger partial charge in [-0.15, -0.1) is 5.10 Å². The number of nitrogens with zero attached hydrogens (tertiary/aromatic N) is 4. The number of aromatic nitrogens is 5. The second kappa shape index (κ2) is 6.58. The molecule has 0 aromatic carbocycles. The van der Waals surface area contributed by atoms with Crippen LogP contribution in [0, 0.1) is 0 Å². The average Bonchev–Trinajstić information content (AvgIpc) is 2.95. The van der Waals surface area contributed by atoms with Gasteiger partial charge in [0.1, 0.15) is 5.69 Å². The number of H-pyrrole nitrogens is 1. The first-order valence-corrected chi connectivity index (χ1v) is 6.70. The van der Waals surface area contributed by atoms with Crippen LogP contribution in [0.3, 0.4) is 0 Å². The molecule has 0 fully saturated rings. The van der Waals surface area contributed by atoms with Gasteiger partial charge in [-0.3, -0.25) is 20.0 Å². The maximum absolute atomic E-state index is 12.4. The van der Waals surface area contributed by atoms with E-state index in [1.165, 1.54) is 6.07 Å². The summed E-state index contributed by atoms with van der Waals surface area (Å²) >= 11 is 0. The smallest absolute Gasteiger partial charge is 0.288 e. The van der Waals surface area contributed by atoms with Crippen LogP contribution in [0.4, 0.5) is 19.1 Å². The highest BCUT2D eigenvalue weighted by atomic mass is 19.4. The van der Waals surface area contributed by atoms with Crippen LogP contribution in [-0.2, 0) is 12.7 Å². The van der Waals surface area contributed by atoms with Crippen LogP contribution >= 0.6 is 0 Å². The molecule has 2 aromatic rings. The fourth-order valence-electron chi connectivity index (χ4n) is 1.65. The number of halogens is 3. The number of carbonyl (C=O) groups is 1. The molecule has 2 heterocycles. The van der Waals surface area contributed by atoms with E-state index in [-0.39, 0.29) is 11.3 Å². The van der Waals surface area contributed by atoms with Crippen molar-refractivity contribution < 1.29 is 18.0 Å². The molecule has 0 aliphatic rings. The van der Waals surface area contributed by atoms with Crippen molar-refractivity contribution in [2.45, 2.75) is 32.5 Å². The molecule has 0 bridgehead atoms. The van der Waals surface area contributed by atoms with Gasteiger partial charge < -0.3 is 0 Å². The highest BCUT2D eigenvalue weighted by molar-refractivity contribution is 6.01. The fraction of sp³-hybridized carbons (Fsp3) is 0.417. The predicted octanol–water partition coefficient (Wildman–Crippen LogP) is 1.43. The lowest BCUT2D eigenvalue weighted by molar-refractivity contribution is -0.144. The minimum absolute atomic E-state index is 0.126. The number of rotatable bonds is 5. The number of hydrogen-bond acceptors (Lipinski definition) is 5. The lowest BCUT2D eigenvalue weighted by atomic mass is 10.3. The van der Waals surface area contributed by atoms with Crippen molar-refractivity contribution in [3.05, 3.63) is 34.0 Å². The summed E-state index contributed by atoms with van der Waals surface area (Å²) in [6.45, 7) is 2.28. The summed E-state index contributed by atoms with van der Waals surface area (Å²) in [4.78, 5) is 26.6. The van der Waals surface area contributed by atoms with E-state index < -0.39 is 23.9 Å². The number of carbonyl (C=O) groups excluding carboxylic acids is 1. The maximum Gasteiger partial charge on any atom is 0.451 e. The summed E-state index contributed by atoms with van der Waals surface area (Å²) in [5, 5.41) is 10.9. The molecule has 0 aliphatic carbocycles. The van der Waals surface area contributed by atoms with Crippen molar-refractivity contribution in [3.63, 3.8) is 0 Å². The summed E-state index contributed by atoms with van der Waals surface area (Å²) < 4.78 is 38.3. The summed E-state index contributed by atoms with van der Waals surface area (Å²) in [5.74, 6) is -2.67. The van der Waals surface area contributed by atoms with Crippen molar-refractivity contribution >= 4 is 11.9 Å². The lowest BCUT2D eigenvalue weighted by Crippen LogP contribution is -2.26. The van der Waals surface area contributed by atoms with Crippen LogP contribution in [0.15, 0.2) is 16.9 Å². The zero-order valence-electron chi connectivity index (χ0n) is 12.0. The number of unbranched alkanes of at least 4 members (excludes halogenated alkanes) is 1. The minimum Gasteiger partial charge on any atom is -0.288 e. The van der Waals surface area contributed by atoms with Gasteiger partial charge in [0, 0.05) is 12.6 Å². The van der Waals surface area contributed by atoms with Crippen LogP contribution in [0.5, 0.6) is 0 Å². The van der Waals surface area contributed by atoms with Crippen molar-refractivity contribution in [3.8, 4) is 0 Å². The monoisotopic (exact) mass is 330 g/mol. The van der Waals surface area contributed by atoms with Gasteiger partial charge in [0.05, 0.1) is 0 Å². The third kappa shape index (κ3) is 4.14. The van der Waals surface area contributed by atoms with Crippen molar-refractivity contribution in [2.24, 2.45) is 0 Å². The van der Waals surface area contributed by atoms with E-state index >= 15 is 0 Å². The summed E-state index contributed by atoms with van der Waals surface area (Å²) in [6.07, 6.45) is -3.16. The number of aromatic amines is 1. The van der Waals surface area contributed by atoms with Gasteiger partial charge in [-0.2, -0.15) is 23.3 Å². The molecule has 124 valence electrons. The van der Waals surface area contributed by atoms with E-state index in [4.69, 9.17) is 0 Å². The van der Waals surface area contributed by atoms with Crippen LogP contribution in [-0.4, -0.2) is 30.9 Å². The van der Waals surface area contributed by atoms with Gasteiger partial charge in [0.15, 0.2) is 0 Å². The Balaban J connectivity index is 2.14. The van der Waals surface area contributed by atoms with Crippen molar-refractivity contribution in [1.29, 1.82) is 0 Å². The molecule has 23 heavy (non-hydrogen) atoms. The lowest BCUT2D eigenvalue weighted by Gasteiger charge is -2.05. The molecule has 8 nitrogen and oxygen atoms in total. The Kier molecular flexibility index (Phi) is 4.77. The van der Waals surface area contributed by atoms with Gasteiger partial charge in [-0.25, -0.2) is 4.68 Å². The molecule has 0 spiro atoms. The Hall–Kier alpha value is -2.72. The molecular formula is C12H13F3N6O2. The van der Waals surface area contributed by atoms with E-state index in [0.29, 0.717) is 13.0 Å².